The fourth-order valence-electron chi connectivity index (χ4n) is 2.30. The van der Waals surface area contributed by atoms with E-state index in [4.69, 9.17) is 20.6 Å². The van der Waals surface area contributed by atoms with Gasteiger partial charge in [0.05, 0.1) is 6.61 Å². The summed E-state index contributed by atoms with van der Waals surface area (Å²) in [7, 11) is -5.57. The van der Waals surface area contributed by atoms with Gasteiger partial charge in [-0.25, -0.2) is 4.98 Å². The van der Waals surface area contributed by atoms with E-state index in [1.54, 1.807) is 0 Å². The van der Waals surface area contributed by atoms with Crippen LogP contribution in [-0.2, 0) is 11.1 Å². The van der Waals surface area contributed by atoms with Gasteiger partial charge in [0.15, 0.2) is 0 Å². The molecule has 140 valence electrons. The number of fused-ring (bicyclic) bond motifs is 1. The van der Waals surface area contributed by atoms with Crippen molar-refractivity contribution in [3.63, 3.8) is 0 Å². The molecular formula is C12H18F2N5O5P. The van der Waals surface area contributed by atoms with Crippen LogP contribution in [0.1, 0.15) is 12.0 Å². The van der Waals surface area contributed by atoms with Crippen molar-refractivity contribution in [2.75, 3.05) is 25.4 Å². The van der Waals surface area contributed by atoms with E-state index in [0.717, 1.165) is 0 Å². The van der Waals surface area contributed by atoms with Gasteiger partial charge in [0.1, 0.15) is 11.0 Å². The van der Waals surface area contributed by atoms with Gasteiger partial charge in [0.25, 0.3) is 5.56 Å². The molecule has 2 aromatic heterocycles. The molecule has 0 aliphatic carbocycles. The number of halogens is 2. The number of aromatic amines is 2. The Kier molecular flexibility index (Phi) is 5.59. The average molecular weight is 381 g/mol. The third kappa shape index (κ3) is 4.41. The molecule has 0 saturated heterocycles. The van der Waals surface area contributed by atoms with Crippen LogP contribution in [0.15, 0.2) is 11.0 Å². The van der Waals surface area contributed by atoms with E-state index in [1.165, 1.54) is 11.1 Å². The second-order valence-corrected chi connectivity index (χ2v) is 7.19. The number of anilines is 1. The lowest BCUT2D eigenvalue weighted by atomic mass is 10.2. The topological polar surface area (TPSA) is 169 Å². The number of hydrogen-bond acceptors (Lipinski definition) is 6. The fourth-order valence-corrected chi connectivity index (χ4v) is 2.69. The summed E-state index contributed by atoms with van der Waals surface area (Å²) in [6.07, 6.45) is 0.369. The summed E-state index contributed by atoms with van der Waals surface area (Å²) in [5, 5.41) is 9.07. The highest BCUT2D eigenvalue weighted by atomic mass is 31.2. The highest BCUT2D eigenvalue weighted by Crippen LogP contribution is 2.54. The van der Waals surface area contributed by atoms with Crippen LogP contribution in [0.2, 0.25) is 0 Å². The third-order valence-corrected chi connectivity index (χ3v) is 4.67. The Morgan fingerprint density at radius 1 is 1.36 bits per heavy atom. The molecule has 10 nitrogen and oxygen atoms in total. The third-order valence-electron chi connectivity index (χ3n) is 3.60. The number of aromatic nitrogens is 3. The second-order valence-electron chi connectivity index (χ2n) is 5.45. The molecule has 25 heavy (non-hydrogen) atoms. The number of hydrogen-bond donors (Lipinski definition) is 6. The first-order valence-corrected chi connectivity index (χ1v) is 8.79. The van der Waals surface area contributed by atoms with E-state index >= 15 is 0 Å². The van der Waals surface area contributed by atoms with Gasteiger partial charge in [-0.3, -0.25) is 19.2 Å². The highest BCUT2D eigenvalue weighted by Gasteiger charge is 2.48. The molecule has 2 heterocycles. The van der Waals surface area contributed by atoms with Gasteiger partial charge >= 0.3 is 13.3 Å². The number of nitrogen functional groups attached to an aromatic ring is 1. The number of aliphatic hydroxyl groups excluding tert-OH is 1. The number of nitrogens with two attached hydrogens (primary N) is 1. The molecule has 0 fully saturated rings. The summed E-state index contributed by atoms with van der Waals surface area (Å²) >= 11 is 0. The Hall–Kier alpha value is -1.85. The van der Waals surface area contributed by atoms with Crippen molar-refractivity contribution in [3.05, 3.63) is 22.1 Å². The van der Waals surface area contributed by atoms with Crippen LogP contribution >= 0.6 is 7.60 Å². The number of H-pyrrole nitrogens is 2. The summed E-state index contributed by atoms with van der Waals surface area (Å²) in [5.74, 6) is -0.111. The first-order valence-electron chi connectivity index (χ1n) is 7.17. The maximum atomic E-state index is 13.4. The van der Waals surface area contributed by atoms with Gasteiger partial charge in [-0.05, 0) is 0 Å². The molecule has 0 unspecified atom stereocenters. The highest BCUT2D eigenvalue weighted by molar-refractivity contribution is 7.53. The molecule has 2 aromatic rings. The Bertz CT molecular complexity index is 848. The standard InChI is InChI=1S/C12H18F2N5O5P/c13-12(14,25(22,23)24)1-2-19(3-4-20)6-7-5-16-9-8(7)17-11(15)18-10(9)21/h5,16,20H,1-4,6H2,(H2,22,23,24)(H3,15,17,18,21). The normalized spacial score (nSPS) is 13.0. The minimum absolute atomic E-state index is 0.0113. The monoisotopic (exact) mass is 381 g/mol. The van der Waals surface area contributed by atoms with E-state index in [9.17, 15) is 18.1 Å². The van der Waals surface area contributed by atoms with Crippen LogP contribution in [-0.4, -0.2) is 60.1 Å². The van der Waals surface area contributed by atoms with Crippen LogP contribution < -0.4 is 11.3 Å². The summed E-state index contributed by atoms with van der Waals surface area (Å²) < 4.78 is 37.7. The van der Waals surface area contributed by atoms with Crippen molar-refractivity contribution in [3.8, 4) is 0 Å². The Morgan fingerprint density at radius 3 is 2.64 bits per heavy atom. The predicted molar refractivity (Wildman–Crippen MR) is 85.1 cm³/mol. The molecule has 0 spiro atoms. The van der Waals surface area contributed by atoms with Crippen LogP contribution in [0, 0.1) is 0 Å². The number of alkyl halides is 2. The van der Waals surface area contributed by atoms with Gasteiger partial charge in [0.2, 0.25) is 5.95 Å². The lowest BCUT2D eigenvalue weighted by molar-refractivity contribution is 0.0363. The number of nitrogens with zero attached hydrogens (tertiary/aromatic N) is 2. The molecule has 0 atom stereocenters. The molecular weight excluding hydrogens is 363 g/mol. The first-order chi connectivity index (χ1) is 11.5. The molecule has 0 aromatic carbocycles. The predicted octanol–water partition coefficient (Wildman–Crippen LogP) is -0.212. The van der Waals surface area contributed by atoms with Crippen LogP contribution in [0.4, 0.5) is 14.7 Å². The maximum Gasteiger partial charge on any atom is 0.394 e. The van der Waals surface area contributed by atoms with E-state index in [1.807, 2.05) is 0 Å². The van der Waals surface area contributed by atoms with E-state index in [0.29, 0.717) is 5.56 Å². The second kappa shape index (κ2) is 7.18. The number of rotatable bonds is 8. The van der Waals surface area contributed by atoms with Gasteiger partial charge in [0, 0.05) is 37.8 Å². The summed E-state index contributed by atoms with van der Waals surface area (Å²) in [4.78, 5) is 39.5. The lowest BCUT2D eigenvalue weighted by Gasteiger charge is -2.24. The van der Waals surface area contributed by atoms with Gasteiger partial charge in [-0.1, -0.05) is 0 Å². The fraction of sp³-hybridized carbons (Fsp3) is 0.500. The average Bonchev–Trinajstić information content (AvgIpc) is 2.87. The summed E-state index contributed by atoms with van der Waals surface area (Å²) in [5.41, 5.74) is 1.72. The van der Waals surface area contributed by atoms with Crippen molar-refractivity contribution < 1.29 is 28.2 Å². The SMILES string of the molecule is Nc1nc2c(CN(CCO)CCC(F)(F)P(=O)(O)O)c[nH]c2c(=O)[nH]1. The van der Waals surface area contributed by atoms with Crippen molar-refractivity contribution in [2.24, 2.45) is 0 Å². The lowest BCUT2D eigenvalue weighted by Crippen LogP contribution is -2.31. The van der Waals surface area contributed by atoms with E-state index < -0.39 is 25.2 Å². The molecule has 7 N–H and O–H groups in total. The van der Waals surface area contributed by atoms with Crippen molar-refractivity contribution in [1.82, 2.24) is 19.9 Å². The molecule has 0 saturated carbocycles. The Morgan fingerprint density at radius 2 is 2.04 bits per heavy atom. The van der Waals surface area contributed by atoms with Crippen LogP contribution in [0.3, 0.4) is 0 Å². The molecule has 0 amide bonds. The van der Waals surface area contributed by atoms with Crippen molar-refractivity contribution in [2.45, 2.75) is 18.6 Å². The molecule has 2 rings (SSSR count). The van der Waals surface area contributed by atoms with Crippen LogP contribution in [0.5, 0.6) is 0 Å². The van der Waals surface area contributed by atoms with E-state index in [2.05, 4.69) is 15.0 Å². The minimum atomic E-state index is -5.57. The summed E-state index contributed by atoms with van der Waals surface area (Å²) in [6.45, 7) is -0.722. The van der Waals surface area contributed by atoms with Gasteiger partial charge in [-0.15, -0.1) is 0 Å². The zero-order valence-electron chi connectivity index (χ0n) is 12.9. The zero-order valence-corrected chi connectivity index (χ0v) is 13.8. The summed E-state index contributed by atoms with van der Waals surface area (Å²) in [6, 6.07) is 0. The molecule has 13 heteroatoms. The molecule has 0 aliphatic heterocycles. The number of nitrogens with one attached hydrogen (secondary N) is 2. The largest absolute Gasteiger partial charge is 0.395 e. The van der Waals surface area contributed by atoms with Crippen LogP contribution in [0.25, 0.3) is 11.0 Å². The molecule has 0 radical (unpaired) electrons. The molecule has 0 aliphatic rings. The van der Waals surface area contributed by atoms with Gasteiger partial charge < -0.3 is 25.6 Å². The quantitative estimate of drug-likeness (QED) is 0.341. The molecule has 0 bridgehead atoms. The van der Waals surface area contributed by atoms with Gasteiger partial charge in [-0.2, -0.15) is 8.78 Å². The Balaban J connectivity index is 2.20. The number of aliphatic hydroxyl groups is 1. The minimum Gasteiger partial charge on any atom is -0.395 e. The van der Waals surface area contributed by atoms with Crippen molar-refractivity contribution in [1.29, 1.82) is 0 Å². The smallest absolute Gasteiger partial charge is 0.394 e. The zero-order chi connectivity index (χ0) is 18.8. The Labute approximate surface area is 139 Å². The van der Waals surface area contributed by atoms with Crippen molar-refractivity contribution >= 4 is 24.6 Å². The van der Waals surface area contributed by atoms with E-state index in [-0.39, 0.29) is 43.2 Å². The first kappa shape index (κ1) is 19.5. The maximum absolute atomic E-state index is 13.4.